The molecular formula is C14H24O2. The van der Waals surface area contributed by atoms with Gasteiger partial charge in [-0.1, -0.05) is 19.1 Å². The Bertz CT molecular complexity index is 304. The van der Waals surface area contributed by atoms with Gasteiger partial charge in [0.15, 0.2) is 0 Å². The maximum atomic E-state index is 9.36. The van der Waals surface area contributed by atoms with Crippen LogP contribution in [0.15, 0.2) is 24.8 Å². The molecule has 0 aliphatic carbocycles. The van der Waals surface area contributed by atoms with Crippen LogP contribution in [0, 0.1) is 13.8 Å². The molecule has 0 aromatic heterocycles. The van der Waals surface area contributed by atoms with Crippen LogP contribution in [0.1, 0.15) is 30.5 Å². The number of allylic oxidation sites excluding steroid dienone is 1. The molecule has 1 aromatic carbocycles. The minimum absolute atomic E-state index is 0.410. The number of benzene rings is 1. The Balaban J connectivity index is 0. The van der Waals surface area contributed by atoms with E-state index in [1.165, 1.54) is 11.1 Å². The van der Waals surface area contributed by atoms with Crippen molar-refractivity contribution in [1.29, 1.82) is 0 Å². The topological polar surface area (TPSA) is 40.5 Å². The van der Waals surface area contributed by atoms with E-state index in [2.05, 4.69) is 20.4 Å². The Hall–Kier alpha value is -1.28. The normalized spacial score (nSPS) is 8.12. The number of phenols is 1. The van der Waals surface area contributed by atoms with Crippen molar-refractivity contribution in [3.63, 3.8) is 0 Å². The van der Waals surface area contributed by atoms with Crippen LogP contribution in [0.4, 0.5) is 0 Å². The Labute approximate surface area is 99.3 Å². The van der Waals surface area contributed by atoms with E-state index < -0.39 is 0 Å². The summed E-state index contributed by atoms with van der Waals surface area (Å²) < 4.78 is 0. The monoisotopic (exact) mass is 224 g/mol. The Morgan fingerprint density at radius 3 is 2.00 bits per heavy atom. The number of rotatable bonds is 1. The lowest BCUT2D eigenvalue weighted by atomic mass is 10.0. The first-order valence-corrected chi connectivity index (χ1v) is 5.37. The van der Waals surface area contributed by atoms with Gasteiger partial charge >= 0.3 is 0 Å². The Morgan fingerprint density at radius 1 is 1.19 bits per heavy atom. The van der Waals surface area contributed by atoms with Crippen LogP contribution in [0.3, 0.4) is 0 Å². The van der Waals surface area contributed by atoms with Crippen LogP contribution in [0.2, 0.25) is 0 Å². The van der Waals surface area contributed by atoms with Gasteiger partial charge in [-0.15, -0.1) is 6.58 Å². The number of hydrogen-bond acceptors (Lipinski definition) is 2. The average Bonchev–Trinajstić information content (AvgIpc) is 2.27. The van der Waals surface area contributed by atoms with Gasteiger partial charge in [-0.3, -0.25) is 0 Å². The Kier molecular flexibility index (Phi) is 11.0. The first-order valence-electron chi connectivity index (χ1n) is 5.37. The minimum Gasteiger partial charge on any atom is -0.508 e. The number of aliphatic hydroxyl groups is 1. The molecule has 0 aliphatic rings. The van der Waals surface area contributed by atoms with Gasteiger partial charge in [0.25, 0.3) is 0 Å². The summed E-state index contributed by atoms with van der Waals surface area (Å²) in [7, 11) is 1.00. The molecule has 0 atom stereocenters. The largest absolute Gasteiger partial charge is 0.508 e. The molecule has 92 valence electrons. The molecule has 2 N–H and O–H groups in total. The van der Waals surface area contributed by atoms with E-state index in [0.717, 1.165) is 19.1 Å². The van der Waals surface area contributed by atoms with E-state index in [1.54, 1.807) is 6.08 Å². The van der Waals surface area contributed by atoms with Crippen molar-refractivity contribution >= 4 is 0 Å². The summed E-state index contributed by atoms with van der Waals surface area (Å²) in [5.74, 6) is 0.410. The molecule has 1 aromatic rings. The van der Waals surface area contributed by atoms with Gasteiger partial charge in [-0.2, -0.15) is 0 Å². The maximum absolute atomic E-state index is 9.36. The molecule has 0 saturated carbocycles. The zero-order chi connectivity index (χ0) is 13.1. The molecule has 16 heavy (non-hydrogen) atoms. The summed E-state index contributed by atoms with van der Waals surface area (Å²) in [6.45, 7) is 11.3. The van der Waals surface area contributed by atoms with Crippen LogP contribution in [-0.4, -0.2) is 17.3 Å². The van der Waals surface area contributed by atoms with E-state index >= 15 is 0 Å². The van der Waals surface area contributed by atoms with Crippen LogP contribution < -0.4 is 0 Å². The molecule has 0 aliphatic heterocycles. The van der Waals surface area contributed by atoms with Gasteiger partial charge in [0, 0.05) is 7.11 Å². The molecular weight excluding hydrogens is 200 g/mol. The summed E-state index contributed by atoms with van der Waals surface area (Å²) in [6, 6.07) is 3.87. The van der Waals surface area contributed by atoms with Crippen LogP contribution >= 0.6 is 0 Å². The molecule has 0 fully saturated rings. The fourth-order valence-electron chi connectivity index (χ4n) is 1.27. The van der Waals surface area contributed by atoms with E-state index in [-0.39, 0.29) is 0 Å². The van der Waals surface area contributed by atoms with Crippen molar-refractivity contribution in [1.82, 2.24) is 0 Å². The maximum Gasteiger partial charge on any atom is 0.118 e. The summed E-state index contributed by atoms with van der Waals surface area (Å²) >= 11 is 0. The predicted octanol–water partition coefficient (Wildman–Crippen LogP) is 3.37. The van der Waals surface area contributed by atoms with Gasteiger partial charge in [-0.25, -0.2) is 0 Å². The fraction of sp³-hybridized carbons (Fsp3) is 0.429. The number of aromatic hydroxyl groups is 1. The zero-order valence-corrected chi connectivity index (χ0v) is 11.0. The smallest absolute Gasteiger partial charge is 0.118 e. The van der Waals surface area contributed by atoms with Gasteiger partial charge in [-0.05, 0) is 49.9 Å². The lowest BCUT2D eigenvalue weighted by Gasteiger charge is -2.05. The first kappa shape index (κ1) is 17.1. The van der Waals surface area contributed by atoms with Crippen LogP contribution in [-0.2, 0) is 6.42 Å². The predicted molar refractivity (Wildman–Crippen MR) is 71.0 cm³/mol. The molecule has 1 rings (SSSR count). The summed E-state index contributed by atoms with van der Waals surface area (Å²) in [6.07, 6.45) is 2.74. The fourth-order valence-corrected chi connectivity index (χ4v) is 1.27. The quantitative estimate of drug-likeness (QED) is 0.718. The minimum atomic E-state index is 0.410. The molecule has 2 nitrogen and oxygen atoms in total. The molecule has 0 amide bonds. The first-order chi connectivity index (χ1) is 7.56. The lowest BCUT2D eigenvalue weighted by molar-refractivity contribution is 0.399. The third kappa shape index (κ3) is 6.25. The SMILES string of the molecule is C=CC.CCc1cc(O)c(C)cc1C.CO. The molecule has 0 radical (unpaired) electrons. The number of aliphatic hydroxyl groups excluding tert-OH is 1. The molecule has 2 heteroatoms. The van der Waals surface area contributed by atoms with E-state index in [4.69, 9.17) is 5.11 Å². The summed E-state index contributed by atoms with van der Waals surface area (Å²) in [4.78, 5) is 0. The van der Waals surface area contributed by atoms with Crippen molar-refractivity contribution in [2.75, 3.05) is 7.11 Å². The average molecular weight is 224 g/mol. The van der Waals surface area contributed by atoms with Crippen LogP contribution in [0.5, 0.6) is 5.75 Å². The highest BCUT2D eigenvalue weighted by Gasteiger charge is 2.00. The van der Waals surface area contributed by atoms with E-state index in [1.807, 2.05) is 26.0 Å². The molecule has 0 saturated heterocycles. The summed E-state index contributed by atoms with van der Waals surface area (Å²) in [5.41, 5.74) is 3.45. The number of hydrogen-bond donors (Lipinski definition) is 2. The van der Waals surface area contributed by atoms with Gasteiger partial charge in [0.05, 0.1) is 0 Å². The van der Waals surface area contributed by atoms with Crippen molar-refractivity contribution in [2.45, 2.75) is 34.1 Å². The molecule has 0 spiro atoms. The highest BCUT2D eigenvalue weighted by atomic mass is 16.3. The van der Waals surface area contributed by atoms with E-state index in [9.17, 15) is 5.11 Å². The second-order valence-electron chi connectivity index (χ2n) is 3.33. The third-order valence-electron chi connectivity index (χ3n) is 2.04. The van der Waals surface area contributed by atoms with Crippen molar-refractivity contribution in [2.24, 2.45) is 0 Å². The second kappa shape index (κ2) is 10.2. The van der Waals surface area contributed by atoms with Crippen molar-refractivity contribution in [3.8, 4) is 5.75 Å². The molecule has 0 unspecified atom stereocenters. The van der Waals surface area contributed by atoms with Crippen LogP contribution in [0.25, 0.3) is 0 Å². The Morgan fingerprint density at radius 2 is 1.62 bits per heavy atom. The second-order valence-corrected chi connectivity index (χ2v) is 3.33. The van der Waals surface area contributed by atoms with Gasteiger partial charge in [0.2, 0.25) is 0 Å². The number of aryl methyl sites for hydroxylation is 3. The van der Waals surface area contributed by atoms with E-state index in [0.29, 0.717) is 5.75 Å². The van der Waals surface area contributed by atoms with Crippen molar-refractivity contribution < 1.29 is 10.2 Å². The third-order valence-corrected chi connectivity index (χ3v) is 2.04. The molecule has 0 bridgehead atoms. The summed E-state index contributed by atoms with van der Waals surface area (Å²) in [5, 5.41) is 16.4. The number of phenolic OH excluding ortho intramolecular Hbond substituents is 1. The highest BCUT2D eigenvalue weighted by molar-refractivity contribution is 5.40. The lowest BCUT2D eigenvalue weighted by Crippen LogP contribution is -1.87. The van der Waals surface area contributed by atoms with Gasteiger partial charge in [0.1, 0.15) is 5.75 Å². The molecule has 0 heterocycles. The standard InChI is InChI=1S/C10H14O.C3H6.CH4O/c1-4-9-6-10(11)8(3)5-7(9)2;1-3-2;1-2/h5-6,11H,4H2,1-3H3;3H,1H2,2H3;2H,1H3. The zero-order valence-electron chi connectivity index (χ0n) is 11.0. The highest BCUT2D eigenvalue weighted by Crippen LogP contribution is 2.21. The van der Waals surface area contributed by atoms with Crippen molar-refractivity contribution in [3.05, 3.63) is 41.5 Å². The van der Waals surface area contributed by atoms with Gasteiger partial charge < -0.3 is 10.2 Å².